The largest absolute Gasteiger partial charge is 0.306 e. The lowest BCUT2D eigenvalue weighted by Gasteiger charge is -2.05. The smallest absolute Gasteiger partial charge is 0.0991 e. The third-order valence-corrected chi connectivity index (χ3v) is 3.79. The molecule has 0 radical (unpaired) electrons. The molecule has 0 N–H and O–H groups in total. The van der Waals surface area contributed by atoms with E-state index in [1.54, 1.807) is 12.5 Å². The molecule has 2 nitrogen and oxygen atoms in total. The summed E-state index contributed by atoms with van der Waals surface area (Å²) in [7, 11) is 0. The van der Waals surface area contributed by atoms with Crippen LogP contribution in [-0.4, -0.2) is 9.55 Å². The van der Waals surface area contributed by atoms with Crippen LogP contribution in [0.1, 0.15) is 11.1 Å². The first-order chi connectivity index (χ1) is 10.2. The summed E-state index contributed by atoms with van der Waals surface area (Å²) in [4.78, 5) is 4.06. The van der Waals surface area contributed by atoms with Crippen LogP contribution in [0, 0.1) is 0 Å². The van der Waals surface area contributed by atoms with Crippen molar-refractivity contribution in [1.29, 1.82) is 0 Å². The molecular formula is C17H12BrClN2. The molecule has 0 bridgehead atoms. The van der Waals surface area contributed by atoms with E-state index in [1.807, 2.05) is 35.0 Å². The quantitative estimate of drug-likeness (QED) is 0.568. The Morgan fingerprint density at radius 3 is 2.48 bits per heavy atom. The maximum Gasteiger partial charge on any atom is 0.0991 e. The summed E-state index contributed by atoms with van der Waals surface area (Å²) in [5.41, 5.74) is 3.19. The van der Waals surface area contributed by atoms with Crippen molar-refractivity contribution in [3.63, 3.8) is 0 Å². The molecule has 0 amide bonds. The van der Waals surface area contributed by atoms with Crippen LogP contribution in [-0.2, 0) is 0 Å². The number of benzene rings is 2. The van der Waals surface area contributed by atoms with Crippen LogP contribution >= 0.6 is 27.5 Å². The van der Waals surface area contributed by atoms with E-state index >= 15 is 0 Å². The zero-order valence-electron chi connectivity index (χ0n) is 11.1. The van der Waals surface area contributed by atoms with Gasteiger partial charge in [-0.15, -0.1) is 0 Å². The highest BCUT2D eigenvalue weighted by Crippen LogP contribution is 2.20. The van der Waals surface area contributed by atoms with Gasteiger partial charge >= 0.3 is 0 Å². The average molecular weight is 360 g/mol. The Morgan fingerprint density at radius 1 is 1.00 bits per heavy atom. The normalized spacial score (nSPS) is 11.1. The molecule has 0 spiro atoms. The van der Waals surface area contributed by atoms with Crippen molar-refractivity contribution in [3.05, 3.63) is 81.8 Å². The standard InChI is InChI=1S/C17H12BrClN2/c18-15-5-3-13(4-6-15)1-2-14-9-16(19)11-17(10-14)21-8-7-20-12-21/h1-12H/b2-1+. The van der Waals surface area contributed by atoms with Crippen LogP contribution in [0.3, 0.4) is 0 Å². The van der Waals surface area contributed by atoms with Gasteiger partial charge in [-0.1, -0.05) is 51.8 Å². The molecule has 21 heavy (non-hydrogen) atoms. The summed E-state index contributed by atoms with van der Waals surface area (Å²) in [6.07, 6.45) is 9.52. The number of hydrogen-bond donors (Lipinski definition) is 0. The predicted molar refractivity (Wildman–Crippen MR) is 91.6 cm³/mol. The lowest BCUT2D eigenvalue weighted by Crippen LogP contribution is -1.90. The summed E-state index contributed by atoms with van der Waals surface area (Å²) in [5, 5.41) is 0.705. The first-order valence-electron chi connectivity index (χ1n) is 6.43. The Kier molecular flexibility index (Phi) is 4.23. The summed E-state index contributed by atoms with van der Waals surface area (Å²) in [6, 6.07) is 14.1. The molecule has 2 aromatic carbocycles. The van der Waals surface area contributed by atoms with Gasteiger partial charge in [0, 0.05) is 27.6 Å². The predicted octanol–water partition coefficient (Wildman–Crippen LogP) is 5.46. The van der Waals surface area contributed by atoms with E-state index in [1.165, 1.54) is 0 Å². The first-order valence-corrected chi connectivity index (χ1v) is 7.60. The van der Waals surface area contributed by atoms with Gasteiger partial charge in [0.15, 0.2) is 0 Å². The molecule has 3 aromatic rings. The molecule has 1 heterocycles. The minimum Gasteiger partial charge on any atom is -0.306 e. The maximum absolute atomic E-state index is 6.20. The second kappa shape index (κ2) is 6.29. The second-order valence-electron chi connectivity index (χ2n) is 4.60. The van der Waals surface area contributed by atoms with Crippen LogP contribution < -0.4 is 0 Å². The van der Waals surface area contributed by atoms with Gasteiger partial charge in [-0.25, -0.2) is 4.98 Å². The number of halogens is 2. The van der Waals surface area contributed by atoms with Crippen molar-refractivity contribution in [2.24, 2.45) is 0 Å². The topological polar surface area (TPSA) is 17.8 Å². The van der Waals surface area contributed by atoms with E-state index in [2.05, 4.69) is 51.3 Å². The highest BCUT2D eigenvalue weighted by atomic mass is 79.9. The van der Waals surface area contributed by atoms with Crippen LogP contribution in [0.15, 0.2) is 65.7 Å². The number of rotatable bonds is 3. The van der Waals surface area contributed by atoms with Gasteiger partial charge in [0.2, 0.25) is 0 Å². The zero-order chi connectivity index (χ0) is 14.7. The molecule has 104 valence electrons. The van der Waals surface area contributed by atoms with Gasteiger partial charge in [-0.3, -0.25) is 0 Å². The molecule has 0 saturated heterocycles. The van der Waals surface area contributed by atoms with Crippen molar-refractivity contribution in [2.45, 2.75) is 0 Å². The fourth-order valence-corrected chi connectivity index (χ4v) is 2.52. The summed E-state index contributed by atoms with van der Waals surface area (Å²) in [5.74, 6) is 0. The van der Waals surface area contributed by atoms with Crippen LogP contribution in [0.25, 0.3) is 17.8 Å². The Bertz CT molecular complexity index is 762. The molecule has 1 aromatic heterocycles. The van der Waals surface area contributed by atoms with E-state index in [9.17, 15) is 0 Å². The zero-order valence-corrected chi connectivity index (χ0v) is 13.4. The van der Waals surface area contributed by atoms with E-state index in [0.717, 1.165) is 21.3 Å². The molecule has 0 unspecified atom stereocenters. The number of nitrogens with zero attached hydrogens (tertiary/aromatic N) is 2. The number of hydrogen-bond acceptors (Lipinski definition) is 1. The SMILES string of the molecule is Clc1cc(/C=C/c2ccc(Br)cc2)cc(-n2ccnc2)c1. The van der Waals surface area contributed by atoms with Crippen molar-refractivity contribution < 1.29 is 0 Å². The van der Waals surface area contributed by atoms with Crippen molar-refractivity contribution in [2.75, 3.05) is 0 Å². The molecule has 0 saturated carbocycles. The van der Waals surface area contributed by atoms with Gasteiger partial charge in [0.05, 0.1) is 6.33 Å². The molecule has 0 atom stereocenters. The van der Waals surface area contributed by atoms with Crippen LogP contribution in [0.4, 0.5) is 0 Å². The minimum atomic E-state index is 0.705. The van der Waals surface area contributed by atoms with E-state index in [0.29, 0.717) is 5.02 Å². The Hall–Kier alpha value is -1.84. The Labute approximate surface area is 136 Å². The Morgan fingerprint density at radius 2 is 1.76 bits per heavy atom. The van der Waals surface area contributed by atoms with Crippen LogP contribution in [0.5, 0.6) is 0 Å². The monoisotopic (exact) mass is 358 g/mol. The maximum atomic E-state index is 6.20. The summed E-state index contributed by atoms with van der Waals surface area (Å²) in [6.45, 7) is 0. The molecule has 0 aliphatic heterocycles. The van der Waals surface area contributed by atoms with E-state index in [-0.39, 0.29) is 0 Å². The third-order valence-electron chi connectivity index (χ3n) is 3.05. The highest BCUT2D eigenvalue weighted by molar-refractivity contribution is 9.10. The van der Waals surface area contributed by atoms with Gasteiger partial charge in [0.1, 0.15) is 0 Å². The molecular weight excluding hydrogens is 348 g/mol. The second-order valence-corrected chi connectivity index (χ2v) is 5.95. The van der Waals surface area contributed by atoms with E-state index < -0.39 is 0 Å². The lowest BCUT2D eigenvalue weighted by atomic mass is 10.1. The molecule has 4 heteroatoms. The Balaban J connectivity index is 1.90. The van der Waals surface area contributed by atoms with Crippen molar-refractivity contribution in [3.8, 4) is 5.69 Å². The highest BCUT2D eigenvalue weighted by Gasteiger charge is 2.00. The minimum absolute atomic E-state index is 0.705. The van der Waals surface area contributed by atoms with Gasteiger partial charge in [-0.05, 0) is 41.5 Å². The van der Waals surface area contributed by atoms with Gasteiger partial charge in [-0.2, -0.15) is 0 Å². The first kappa shape index (κ1) is 14.1. The lowest BCUT2D eigenvalue weighted by molar-refractivity contribution is 1.06. The number of imidazole rings is 1. The fraction of sp³-hybridized carbons (Fsp3) is 0. The number of aromatic nitrogens is 2. The molecule has 0 aliphatic carbocycles. The van der Waals surface area contributed by atoms with Crippen LogP contribution in [0.2, 0.25) is 5.02 Å². The van der Waals surface area contributed by atoms with Crippen molar-refractivity contribution in [1.82, 2.24) is 9.55 Å². The summed E-state index contributed by atoms with van der Waals surface area (Å²) < 4.78 is 3.01. The average Bonchev–Trinajstić information content (AvgIpc) is 3.00. The fourth-order valence-electron chi connectivity index (χ4n) is 2.02. The molecule has 0 aliphatic rings. The van der Waals surface area contributed by atoms with Crippen molar-refractivity contribution >= 4 is 39.7 Å². The van der Waals surface area contributed by atoms with Gasteiger partial charge < -0.3 is 4.57 Å². The molecule has 3 rings (SSSR count). The van der Waals surface area contributed by atoms with Gasteiger partial charge in [0.25, 0.3) is 0 Å². The van der Waals surface area contributed by atoms with E-state index in [4.69, 9.17) is 11.6 Å². The third kappa shape index (κ3) is 3.63. The summed E-state index contributed by atoms with van der Waals surface area (Å²) >= 11 is 9.63. The molecule has 0 fully saturated rings.